The molecule has 4 saturated carbocycles. The SMILES string of the molecule is C.C.C.C1=Cc2ccccc2C1.C1CC2CC12.C1CC2CC2C1. The summed E-state index contributed by atoms with van der Waals surface area (Å²) in [6, 6.07) is 8.49. The topological polar surface area (TPSA) is 0 Å². The Balaban J connectivity index is 0.000000168. The fraction of sp³-hybridized carbons (Fsp3) is 0.652. The van der Waals surface area contributed by atoms with Gasteiger partial charge in [0, 0.05) is 0 Å². The fourth-order valence-electron chi connectivity index (χ4n) is 4.04. The summed E-state index contributed by atoms with van der Waals surface area (Å²) >= 11 is 0. The maximum absolute atomic E-state index is 2.20. The molecule has 5 aliphatic rings. The van der Waals surface area contributed by atoms with Crippen LogP contribution < -0.4 is 0 Å². The van der Waals surface area contributed by atoms with Crippen LogP contribution in [0.25, 0.3) is 6.08 Å². The first kappa shape index (κ1) is 20.0. The van der Waals surface area contributed by atoms with Crippen LogP contribution >= 0.6 is 0 Å². The van der Waals surface area contributed by atoms with E-state index in [1.54, 1.807) is 38.5 Å². The summed E-state index contributed by atoms with van der Waals surface area (Å²) < 4.78 is 0. The number of rotatable bonds is 0. The first-order valence-corrected chi connectivity index (χ1v) is 8.64. The van der Waals surface area contributed by atoms with Gasteiger partial charge in [-0.1, -0.05) is 78.0 Å². The second-order valence-electron chi connectivity index (χ2n) is 7.33. The van der Waals surface area contributed by atoms with Crippen LogP contribution in [0.15, 0.2) is 30.3 Å². The minimum atomic E-state index is 0. The maximum atomic E-state index is 2.20. The predicted molar refractivity (Wildman–Crippen MR) is 106 cm³/mol. The van der Waals surface area contributed by atoms with E-state index in [-0.39, 0.29) is 22.3 Å². The monoisotopic (exact) mass is 314 g/mol. The molecule has 5 aliphatic carbocycles. The van der Waals surface area contributed by atoms with Crippen LogP contribution in [0.3, 0.4) is 0 Å². The van der Waals surface area contributed by atoms with Crippen LogP contribution in [0, 0.1) is 23.7 Å². The molecule has 23 heavy (non-hydrogen) atoms. The zero-order valence-electron chi connectivity index (χ0n) is 12.4. The van der Waals surface area contributed by atoms with Crippen LogP contribution in [0.2, 0.25) is 0 Å². The summed E-state index contributed by atoms with van der Waals surface area (Å²) in [4.78, 5) is 0. The van der Waals surface area contributed by atoms with Gasteiger partial charge < -0.3 is 0 Å². The highest BCUT2D eigenvalue weighted by molar-refractivity contribution is 5.59. The molecule has 0 spiro atoms. The lowest BCUT2D eigenvalue weighted by atomic mass is 10.0. The van der Waals surface area contributed by atoms with Crippen molar-refractivity contribution in [2.24, 2.45) is 23.7 Å². The summed E-state index contributed by atoms with van der Waals surface area (Å²) in [5.74, 6) is 4.89. The third kappa shape index (κ3) is 4.96. The molecule has 0 nitrogen and oxygen atoms in total. The number of benzene rings is 1. The molecule has 4 fully saturated rings. The molecule has 1 aromatic carbocycles. The third-order valence-electron chi connectivity index (χ3n) is 5.89. The second kappa shape index (κ2) is 8.71. The van der Waals surface area contributed by atoms with Gasteiger partial charge >= 0.3 is 0 Å². The Labute approximate surface area is 145 Å². The van der Waals surface area contributed by atoms with E-state index in [1.165, 1.54) is 41.2 Å². The van der Waals surface area contributed by atoms with Gasteiger partial charge in [0.25, 0.3) is 0 Å². The molecule has 6 rings (SSSR count). The highest BCUT2D eigenvalue weighted by Gasteiger charge is 2.44. The van der Waals surface area contributed by atoms with E-state index in [4.69, 9.17) is 0 Å². The lowest BCUT2D eigenvalue weighted by molar-refractivity contribution is 0.468. The predicted octanol–water partition coefficient (Wildman–Crippen LogP) is 7.39. The Morgan fingerprint density at radius 2 is 1.26 bits per heavy atom. The van der Waals surface area contributed by atoms with Gasteiger partial charge in [-0.05, 0) is 66.9 Å². The normalized spacial score (nSPS) is 31.5. The van der Waals surface area contributed by atoms with E-state index in [2.05, 4.69) is 36.4 Å². The molecule has 0 N–H and O–H groups in total. The van der Waals surface area contributed by atoms with Gasteiger partial charge in [-0.3, -0.25) is 0 Å². The summed E-state index contributed by atoms with van der Waals surface area (Å²) in [6.07, 6.45) is 16.4. The van der Waals surface area contributed by atoms with Gasteiger partial charge in [0.1, 0.15) is 0 Å². The molecule has 0 aromatic heterocycles. The minimum Gasteiger partial charge on any atom is -0.0795 e. The molecule has 0 radical (unpaired) electrons. The molecule has 4 atom stereocenters. The van der Waals surface area contributed by atoms with E-state index in [1.807, 2.05) is 0 Å². The van der Waals surface area contributed by atoms with Crippen molar-refractivity contribution < 1.29 is 0 Å². The van der Waals surface area contributed by atoms with Crippen molar-refractivity contribution in [1.82, 2.24) is 0 Å². The Bertz CT molecular complexity index is 479. The first-order valence-electron chi connectivity index (χ1n) is 8.64. The Morgan fingerprint density at radius 1 is 0.696 bits per heavy atom. The third-order valence-corrected chi connectivity index (χ3v) is 5.89. The highest BCUT2D eigenvalue weighted by atomic mass is 14.5. The highest BCUT2D eigenvalue weighted by Crippen LogP contribution is 2.55. The van der Waals surface area contributed by atoms with Crippen LogP contribution in [-0.2, 0) is 6.42 Å². The van der Waals surface area contributed by atoms with Crippen molar-refractivity contribution in [3.05, 3.63) is 41.5 Å². The second-order valence-corrected chi connectivity index (χ2v) is 7.33. The fourth-order valence-corrected chi connectivity index (χ4v) is 4.04. The van der Waals surface area contributed by atoms with Crippen molar-refractivity contribution >= 4 is 6.08 Å². The number of hydrogen-bond acceptors (Lipinski definition) is 0. The Hall–Kier alpha value is -1.04. The van der Waals surface area contributed by atoms with Gasteiger partial charge in [-0.2, -0.15) is 0 Å². The lowest BCUT2D eigenvalue weighted by Gasteiger charge is -2.04. The van der Waals surface area contributed by atoms with Gasteiger partial charge in [-0.25, -0.2) is 0 Å². The number of allylic oxidation sites excluding steroid dienone is 1. The van der Waals surface area contributed by atoms with E-state index in [0.29, 0.717) is 0 Å². The van der Waals surface area contributed by atoms with Gasteiger partial charge in [0.2, 0.25) is 0 Å². The minimum absolute atomic E-state index is 0. The summed E-state index contributed by atoms with van der Waals surface area (Å²) in [7, 11) is 0. The molecule has 0 bridgehead atoms. The smallest absolute Gasteiger partial charge is 0.00882 e. The zero-order chi connectivity index (χ0) is 13.4. The molecular weight excluding hydrogens is 276 g/mol. The van der Waals surface area contributed by atoms with E-state index in [9.17, 15) is 0 Å². The molecule has 0 heteroatoms. The first-order chi connectivity index (χ1) is 9.90. The average Bonchev–Trinajstić information content (AvgIpc) is 3.17. The quantitative estimate of drug-likeness (QED) is 0.468. The lowest BCUT2D eigenvalue weighted by Crippen LogP contribution is -1.93. The van der Waals surface area contributed by atoms with Crippen molar-refractivity contribution in [2.75, 3.05) is 0 Å². The molecule has 0 amide bonds. The summed E-state index contributed by atoms with van der Waals surface area (Å²) in [6.45, 7) is 0. The van der Waals surface area contributed by atoms with Gasteiger partial charge in [-0.15, -0.1) is 0 Å². The molecule has 0 aliphatic heterocycles. The number of hydrogen-bond donors (Lipinski definition) is 0. The zero-order valence-corrected chi connectivity index (χ0v) is 12.4. The van der Waals surface area contributed by atoms with Crippen LogP contribution in [-0.4, -0.2) is 0 Å². The summed E-state index contributed by atoms with van der Waals surface area (Å²) in [5, 5.41) is 0. The van der Waals surface area contributed by atoms with Gasteiger partial charge in [0.05, 0.1) is 0 Å². The largest absolute Gasteiger partial charge is 0.0795 e. The van der Waals surface area contributed by atoms with E-state index >= 15 is 0 Å². The summed E-state index contributed by atoms with van der Waals surface area (Å²) in [5.41, 5.74) is 2.84. The van der Waals surface area contributed by atoms with Crippen LogP contribution in [0.5, 0.6) is 0 Å². The molecule has 130 valence electrons. The van der Waals surface area contributed by atoms with E-state index < -0.39 is 0 Å². The van der Waals surface area contributed by atoms with Crippen molar-refractivity contribution in [3.8, 4) is 0 Å². The van der Waals surface area contributed by atoms with Crippen molar-refractivity contribution in [2.45, 2.75) is 73.6 Å². The van der Waals surface area contributed by atoms with Crippen LogP contribution in [0.1, 0.15) is 78.4 Å². The number of fused-ring (bicyclic) bond motifs is 3. The standard InChI is InChI=1S/C9H8.C6H10.C5H8.3CH4/c1-2-5-9-7-3-6-8(9)4-1;1-2-5-4-6(5)3-1;1-2-5-3-4(1)5;;;/h1-6H,7H2;5-6H,1-4H2;4-5H,1-3H2;3*1H4. The van der Waals surface area contributed by atoms with Crippen molar-refractivity contribution in [1.29, 1.82) is 0 Å². The van der Waals surface area contributed by atoms with E-state index in [0.717, 1.165) is 6.42 Å². The molecule has 0 heterocycles. The molecule has 4 unspecified atom stereocenters. The average molecular weight is 315 g/mol. The van der Waals surface area contributed by atoms with Gasteiger partial charge in [0.15, 0.2) is 0 Å². The van der Waals surface area contributed by atoms with Crippen molar-refractivity contribution in [3.63, 3.8) is 0 Å². The molecule has 0 saturated heterocycles. The molecular formula is C23H38. The van der Waals surface area contributed by atoms with Crippen LogP contribution in [0.4, 0.5) is 0 Å². The maximum Gasteiger partial charge on any atom is -0.00882 e. The Morgan fingerprint density at radius 3 is 1.65 bits per heavy atom. The Kier molecular flexibility index (Phi) is 7.58. The molecule has 1 aromatic rings.